The molecule has 0 bridgehead atoms. The van der Waals surface area contributed by atoms with Gasteiger partial charge in [0.25, 0.3) is 5.91 Å². The number of hydrogen-bond acceptors (Lipinski definition) is 3. The van der Waals surface area contributed by atoms with Crippen LogP contribution in [0.5, 0.6) is 11.5 Å². The molecule has 0 heterocycles. The highest BCUT2D eigenvalue weighted by atomic mass is 19.1. The van der Waals surface area contributed by atoms with Crippen LogP contribution in [0.1, 0.15) is 15.9 Å². The number of carbonyl (C=O) groups excluding carboxylic acids is 1. The van der Waals surface area contributed by atoms with Crippen LogP contribution >= 0.6 is 0 Å². The van der Waals surface area contributed by atoms with E-state index in [0.29, 0.717) is 0 Å². The Labute approximate surface area is 113 Å². The minimum atomic E-state index is -0.942. The highest BCUT2D eigenvalue weighted by Crippen LogP contribution is 2.28. The number of aromatic hydroxyl groups is 2. The summed E-state index contributed by atoms with van der Waals surface area (Å²) in [6.45, 7) is 1.39. The SMILES string of the molecule is Cc1cc(F)c(NC(=O)c2c(O)cccc2O)cc1F. The third kappa shape index (κ3) is 2.54. The molecule has 0 spiro atoms. The number of amides is 1. The Hall–Kier alpha value is -2.63. The molecule has 1 amide bonds. The molecular weight excluding hydrogens is 268 g/mol. The predicted molar refractivity (Wildman–Crippen MR) is 68.8 cm³/mol. The van der Waals surface area contributed by atoms with E-state index >= 15 is 0 Å². The van der Waals surface area contributed by atoms with Crippen LogP contribution in [-0.2, 0) is 0 Å². The molecular formula is C14H11F2NO3. The minimum Gasteiger partial charge on any atom is -0.507 e. The molecule has 104 valence electrons. The van der Waals surface area contributed by atoms with Gasteiger partial charge in [0.1, 0.15) is 28.7 Å². The molecule has 2 rings (SSSR count). The molecule has 0 unspecified atom stereocenters. The van der Waals surface area contributed by atoms with Gasteiger partial charge in [-0.05, 0) is 30.7 Å². The van der Waals surface area contributed by atoms with Gasteiger partial charge in [0.2, 0.25) is 0 Å². The van der Waals surface area contributed by atoms with E-state index in [4.69, 9.17) is 0 Å². The van der Waals surface area contributed by atoms with Crippen molar-refractivity contribution in [3.63, 3.8) is 0 Å². The van der Waals surface area contributed by atoms with Crippen LogP contribution in [0.3, 0.4) is 0 Å². The first kappa shape index (κ1) is 13.8. The Morgan fingerprint density at radius 2 is 1.70 bits per heavy atom. The largest absolute Gasteiger partial charge is 0.507 e. The average Bonchev–Trinajstić information content (AvgIpc) is 2.35. The minimum absolute atomic E-state index is 0.103. The van der Waals surface area contributed by atoms with Crippen LogP contribution in [0.15, 0.2) is 30.3 Å². The molecule has 3 N–H and O–H groups in total. The van der Waals surface area contributed by atoms with E-state index in [2.05, 4.69) is 5.32 Å². The molecule has 6 heteroatoms. The van der Waals surface area contributed by atoms with Crippen molar-refractivity contribution in [1.29, 1.82) is 0 Å². The maximum atomic E-state index is 13.6. The smallest absolute Gasteiger partial charge is 0.263 e. The number of hydrogen-bond donors (Lipinski definition) is 3. The Balaban J connectivity index is 2.35. The standard InChI is InChI=1S/C14H11F2NO3/c1-7-5-9(16)10(6-8(7)15)17-14(20)13-11(18)3-2-4-12(13)19/h2-6,18-19H,1H3,(H,17,20). The van der Waals surface area contributed by atoms with Crippen LogP contribution in [0.4, 0.5) is 14.5 Å². The fourth-order valence-corrected chi connectivity index (χ4v) is 1.69. The molecule has 0 saturated carbocycles. The number of phenols is 2. The fourth-order valence-electron chi connectivity index (χ4n) is 1.69. The third-order valence-electron chi connectivity index (χ3n) is 2.74. The Morgan fingerprint density at radius 1 is 1.10 bits per heavy atom. The zero-order chi connectivity index (χ0) is 14.9. The number of anilines is 1. The second-order valence-electron chi connectivity index (χ2n) is 4.21. The number of carbonyl (C=O) groups is 1. The lowest BCUT2D eigenvalue weighted by atomic mass is 10.1. The second-order valence-corrected chi connectivity index (χ2v) is 4.21. The van der Waals surface area contributed by atoms with Crippen molar-refractivity contribution in [2.24, 2.45) is 0 Å². The summed E-state index contributed by atoms with van der Waals surface area (Å²) < 4.78 is 27.0. The van der Waals surface area contributed by atoms with Crippen molar-refractivity contribution in [2.75, 3.05) is 5.32 Å². The van der Waals surface area contributed by atoms with E-state index in [1.807, 2.05) is 0 Å². The third-order valence-corrected chi connectivity index (χ3v) is 2.74. The Kier molecular flexibility index (Phi) is 3.56. The summed E-state index contributed by atoms with van der Waals surface area (Å²) in [5.74, 6) is -3.36. The highest BCUT2D eigenvalue weighted by molar-refractivity contribution is 6.08. The summed E-state index contributed by atoms with van der Waals surface area (Å²) in [5.41, 5.74) is -0.681. The predicted octanol–water partition coefficient (Wildman–Crippen LogP) is 2.94. The van der Waals surface area contributed by atoms with Gasteiger partial charge in [0.05, 0.1) is 5.69 Å². The molecule has 0 saturated heterocycles. The van der Waals surface area contributed by atoms with Crippen LogP contribution in [0.2, 0.25) is 0 Å². The van der Waals surface area contributed by atoms with Crippen molar-refractivity contribution in [3.05, 3.63) is 53.1 Å². The van der Waals surface area contributed by atoms with Gasteiger partial charge in [-0.25, -0.2) is 8.78 Å². The first-order chi connectivity index (χ1) is 9.40. The van der Waals surface area contributed by atoms with Gasteiger partial charge in [-0.15, -0.1) is 0 Å². The molecule has 0 atom stereocenters. The van der Waals surface area contributed by atoms with Gasteiger partial charge in [0, 0.05) is 6.07 Å². The summed E-state index contributed by atoms with van der Waals surface area (Å²) in [4.78, 5) is 11.9. The fraction of sp³-hybridized carbons (Fsp3) is 0.0714. The lowest BCUT2D eigenvalue weighted by molar-refractivity contribution is 0.102. The van der Waals surface area contributed by atoms with Gasteiger partial charge >= 0.3 is 0 Å². The molecule has 2 aromatic rings. The van der Waals surface area contributed by atoms with Crippen LogP contribution < -0.4 is 5.32 Å². The monoisotopic (exact) mass is 279 g/mol. The van der Waals surface area contributed by atoms with E-state index in [9.17, 15) is 23.8 Å². The number of rotatable bonds is 2. The Morgan fingerprint density at radius 3 is 2.30 bits per heavy atom. The molecule has 0 fully saturated rings. The van der Waals surface area contributed by atoms with Gasteiger partial charge < -0.3 is 15.5 Å². The Bertz CT molecular complexity index is 666. The van der Waals surface area contributed by atoms with Crippen molar-refractivity contribution < 1.29 is 23.8 Å². The molecule has 0 aliphatic rings. The molecule has 0 aromatic heterocycles. The number of phenolic OH excluding ortho intramolecular Hbond substituents is 2. The molecule has 20 heavy (non-hydrogen) atoms. The topological polar surface area (TPSA) is 69.6 Å². The summed E-state index contributed by atoms with van der Waals surface area (Å²) in [7, 11) is 0. The van der Waals surface area contributed by atoms with Crippen molar-refractivity contribution in [2.45, 2.75) is 6.92 Å². The van der Waals surface area contributed by atoms with E-state index in [-0.39, 0.29) is 11.3 Å². The van der Waals surface area contributed by atoms with Crippen LogP contribution in [0, 0.1) is 18.6 Å². The zero-order valence-electron chi connectivity index (χ0n) is 10.4. The lowest BCUT2D eigenvalue weighted by Gasteiger charge is -2.10. The average molecular weight is 279 g/mol. The summed E-state index contributed by atoms with van der Waals surface area (Å²) >= 11 is 0. The van der Waals surface area contributed by atoms with E-state index in [0.717, 1.165) is 12.1 Å². The van der Waals surface area contributed by atoms with E-state index in [1.54, 1.807) is 0 Å². The van der Waals surface area contributed by atoms with Gasteiger partial charge in [-0.1, -0.05) is 6.07 Å². The zero-order valence-corrected chi connectivity index (χ0v) is 10.4. The number of aryl methyl sites for hydroxylation is 1. The number of halogens is 2. The lowest BCUT2D eigenvalue weighted by Crippen LogP contribution is -2.14. The number of benzene rings is 2. The summed E-state index contributed by atoms with van der Waals surface area (Å²) in [5, 5.41) is 21.1. The maximum absolute atomic E-state index is 13.6. The molecule has 0 radical (unpaired) electrons. The first-order valence-electron chi connectivity index (χ1n) is 5.68. The van der Waals surface area contributed by atoms with Crippen molar-refractivity contribution >= 4 is 11.6 Å². The molecule has 0 aliphatic heterocycles. The second kappa shape index (κ2) is 5.16. The normalized spacial score (nSPS) is 10.3. The van der Waals surface area contributed by atoms with Crippen LogP contribution in [-0.4, -0.2) is 16.1 Å². The van der Waals surface area contributed by atoms with Crippen LogP contribution in [0.25, 0.3) is 0 Å². The first-order valence-corrected chi connectivity index (χ1v) is 5.68. The molecule has 2 aromatic carbocycles. The molecule has 0 aliphatic carbocycles. The van der Waals surface area contributed by atoms with Gasteiger partial charge in [-0.2, -0.15) is 0 Å². The maximum Gasteiger partial charge on any atom is 0.263 e. The summed E-state index contributed by atoms with van der Waals surface area (Å²) in [6, 6.07) is 5.50. The van der Waals surface area contributed by atoms with E-state index in [1.165, 1.54) is 25.1 Å². The van der Waals surface area contributed by atoms with Gasteiger partial charge in [0.15, 0.2) is 0 Å². The highest BCUT2D eigenvalue weighted by Gasteiger charge is 2.18. The quantitative estimate of drug-likeness (QED) is 0.791. The van der Waals surface area contributed by atoms with Gasteiger partial charge in [-0.3, -0.25) is 4.79 Å². The molecule has 4 nitrogen and oxygen atoms in total. The number of nitrogens with one attached hydrogen (secondary N) is 1. The van der Waals surface area contributed by atoms with E-state index < -0.39 is 34.6 Å². The summed E-state index contributed by atoms with van der Waals surface area (Å²) in [6.07, 6.45) is 0. The van der Waals surface area contributed by atoms with Crippen molar-refractivity contribution in [3.8, 4) is 11.5 Å². The van der Waals surface area contributed by atoms with Crippen molar-refractivity contribution in [1.82, 2.24) is 0 Å².